The fourth-order valence-corrected chi connectivity index (χ4v) is 3.08. The summed E-state index contributed by atoms with van der Waals surface area (Å²) in [6.45, 7) is 2.44. The summed E-state index contributed by atoms with van der Waals surface area (Å²) >= 11 is 0. The van der Waals surface area contributed by atoms with Gasteiger partial charge in [0.05, 0.1) is 6.54 Å². The number of anilines is 1. The maximum atomic E-state index is 12.0. The third kappa shape index (κ3) is 3.44. The third-order valence-corrected chi connectivity index (χ3v) is 4.25. The van der Waals surface area contributed by atoms with E-state index in [1.165, 1.54) is 7.11 Å². The molecule has 1 unspecified atom stereocenters. The lowest BCUT2D eigenvalue weighted by Crippen LogP contribution is -2.41. The first kappa shape index (κ1) is 15.7. The summed E-state index contributed by atoms with van der Waals surface area (Å²) in [5.41, 5.74) is 0.914. The lowest BCUT2D eigenvalue weighted by molar-refractivity contribution is -0.136. The van der Waals surface area contributed by atoms with Crippen molar-refractivity contribution in [3.05, 3.63) is 23.9 Å². The van der Waals surface area contributed by atoms with E-state index < -0.39 is 0 Å². The van der Waals surface area contributed by atoms with Crippen LogP contribution in [-0.2, 0) is 14.3 Å². The van der Waals surface area contributed by atoms with Crippen molar-refractivity contribution in [2.45, 2.75) is 18.8 Å². The average molecular weight is 319 g/mol. The van der Waals surface area contributed by atoms with Crippen molar-refractivity contribution < 1.29 is 19.1 Å². The zero-order valence-corrected chi connectivity index (χ0v) is 13.2. The largest absolute Gasteiger partial charge is 0.447 e. The number of cyclic esters (lactones) is 1. The highest BCUT2D eigenvalue weighted by atomic mass is 16.6. The van der Waals surface area contributed by atoms with Crippen molar-refractivity contribution in [1.29, 1.82) is 0 Å². The van der Waals surface area contributed by atoms with Crippen LogP contribution in [0.1, 0.15) is 24.5 Å². The molecule has 23 heavy (non-hydrogen) atoms. The first-order valence-corrected chi connectivity index (χ1v) is 7.87. The van der Waals surface area contributed by atoms with Crippen LogP contribution in [0.4, 0.5) is 10.6 Å². The van der Waals surface area contributed by atoms with Crippen molar-refractivity contribution in [2.24, 2.45) is 0 Å². The summed E-state index contributed by atoms with van der Waals surface area (Å²) in [7, 11) is 1.53. The molecule has 0 aliphatic carbocycles. The van der Waals surface area contributed by atoms with Crippen LogP contribution in [0.15, 0.2) is 18.2 Å². The lowest BCUT2D eigenvalue weighted by Gasteiger charge is -2.32. The Bertz CT molecular complexity index is 592. The smallest absolute Gasteiger partial charge is 0.415 e. The molecule has 2 fully saturated rings. The van der Waals surface area contributed by atoms with Gasteiger partial charge in [0, 0.05) is 31.8 Å². The second kappa shape index (κ2) is 6.95. The molecule has 0 saturated carbocycles. The highest BCUT2D eigenvalue weighted by Crippen LogP contribution is 2.27. The Morgan fingerprint density at radius 1 is 1.43 bits per heavy atom. The fourth-order valence-electron chi connectivity index (χ4n) is 3.08. The van der Waals surface area contributed by atoms with Gasteiger partial charge >= 0.3 is 6.09 Å². The predicted octanol–water partition coefficient (Wildman–Crippen LogP) is 1.39. The molecule has 124 valence electrons. The molecule has 0 bridgehead atoms. The van der Waals surface area contributed by atoms with Crippen LogP contribution >= 0.6 is 0 Å². The van der Waals surface area contributed by atoms with E-state index in [-0.39, 0.29) is 24.5 Å². The second-order valence-electron chi connectivity index (χ2n) is 5.80. The predicted molar refractivity (Wildman–Crippen MR) is 83.4 cm³/mol. The standard InChI is InChI=1S/C16H21N3O4/c1-22-11-15(20)18-7-3-4-12(10-18)13-5-2-6-14(17-13)19-8-9-23-16(19)21/h2,5-6,12H,3-4,7-11H2,1H3. The quantitative estimate of drug-likeness (QED) is 0.838. The first-order valence-electron chi connectivity index (χ1n) is 7.87. The number of pyridine rings is 1. The van der Waals surface area contributed by atoms with Crippen molar-refractivity contribution >= 4 is 17.8 Å². The number of rotatable bonds is 4. The molecule has 3 rings (SSSR count). The number of amides is 2. The van der Waals surface area contributed by atoms with E-state index >= 15 is 0 Å². The summed E-state index contributed by atoms with van der Waals surface area (Å²) in [5, 5.41) is 0. The minimum atomic E-state index is -0.352. The normalized spacial score (nSPS) is 21.4. The molecule has 2 amide bonds. The van der Waals surface area contributed by atoms with Gasteiger partial charge in [0.25, 0.3) is 0 Å². The van der Waals surface area contributed by atoms with Gasteiger partial charge in [-0.05, 0) is 25.0 Å². The van der Waals surface area contributed by atoms with Gasteiger partial charge in [0.1, 0.15) is 19.0 Å². The van der Waals surface area contributed by atoms with Crippen LogP contribution < -0.4 is 4.90 Å². The van der Waals surface area contributed by atoms with E-state index in [1.807, 2.05) is 23.1 Å². The Labute approximate surface area is 135 Å². The van der Waals surface area contributed by atoms with E-state index in [9.17, 15) is 9.59 Å². The fraction of sp³-hybridized carbons (Fsp3) is 0.562. The summed E-state index contributed by atoms with van der Waals surface area (Å²) in [6.07, 6.45) is 1.57. The minimum absolute atomic E-state index is 0.0106. The summed E-state index contributed by atoms with van der Waals surface area (Å²) in [5.74, 6) is 0.810. The Kier molecular flexibility index (Phi) is 4.76. The number of hydrogen-bond acceptors (Lipinski definition) is 5. The zero-order valence-electron chi connectivity index (χ0n) is 13.2. The molecule has 3 heterocycles. The van der Waals surface area contributed by atoms with Gasteiger partial charge in [-0.2, -0.15) is 0 Å². The number of carbonyl (C=O) groups excluding carboxylic acids is 2. The summed E-state index contributed by atoms with van der Waals surface area (Å²) < 4.78 is 9.89. The second-order valence-corrected chi connectivity index (χ2v) is 5.80. The number of nitrogens with zero attached hydrogens (tertiary/aromatic N) is 3. The number of methoxy groups -OCH3 is 1. The molecule has 1 atom stereocenters. The maximum absolute atomic E-state index is 12.0. The van der Waals surface area contributed by atoms with E-state index in [2.05, 4.69) is 4.98 Å². The van der Waals surface area contributed by atoms with Crippen molar-refractivity contribution in [3.8, 4) is 0 Å². The minimum Gasteiger partial charge on any atom is -0.447 e. The van der Waals surface area contributed by atoms with Crippen LogP contribution in [0, 0.1) is 0 Å². The van der Waals surface area contributed by atoms with Gasteiger partial charge in [-0.1, -0.05) is 6.07 Å². The summed E-state index contributed by atoms with van der Waals surface area (Å²) in [4.78, 5) is 31.7. The molecule has 0 aromatic carbocycles. The Balaban J connectivity index is 1.73. The van der Waals surface area contributed by atoms with Gasteiger partial charge < -0.3 is 14.4 Å². The molecule has 1 aromatic rings. The lowest BCUT2D eigenvalue weighted by atomic mass is 9.94. The van der Waals surface area contributed by atoms with Crippen LogP contribution in [0.2, 0.25) is 0 Å². The number of carbonyl (C=O) groups is 2. The van der Waals surface area contributed by atoms with Gasteiger partial charge in [0.15, 0.2) is 0 Å². The summed E-state index contributed by atoms with van der Waals surface area (Å²) in [6, 6.07) is 5.67. The molecule has 0 N–H and O–H groups in total. The third-order valence-electron chi connectivity index (χ3n) is 4.25. The van der Waals surface area contributed by atoms with Crippen molar-refractivity contribution in [1.82, 2.24) is 9.88 Å². The maximum Gasteiger partial charge on any atom is 0.415 e. The van der Waals surface area contributed by atoms with Crippen molar-refractivity contribution in [2.75, 3.05) is 44.9 Å². The molecule has 0 radical (unpaired) electrons. The van der Waals surface area contributed by atoms with E-state index in [0.29, 0.717) is 25.5 Å². The van der Waals surface area contributed by atoms with E-state index in [0.717, 1.165) is 25.1 Å². The van der Waals surface area contributed by atoms with E-state index in [4.69, 9.17) is 9.47 Å². The molecule has 2 saturated heterocycles. The van der Waals surface area contributed by atoms with E-state index in [1.54, 1.807) is 4.90 Å². The number of aromatic nitrogens is 1. The Morgan fingerprint density at radius 2 is 2.30 bits per heavy atom. The van der Waals surface area contributed by atoms with Gasteiger partial charge in [0.2, 0.25) is 5.91 Å². The van der Waals surface area contributed by atoms with Gasteiger partial charge in [-0.3, -0.25) is 9.69 Å². The number of piperidine rings is 1. The average Bonchev–Trinajstić information content (AvgIpc) is 3.01. The SMILES string of the molecule is COCC(=O)N1CCCC(c2cccc(N3CCOC3=O)n2)C1. The van der Waals surface area contributed by atoms with Crippen LogP contribution in [0.5, 0.6) is 0 Å². The first-order chi connectivity index (χ1) is 11.2. The number of hydrogen-bond donors (Lipinski definition) is 0. The zero-order chi connectivity index (χ0) is 16.2. The van der Waals surface area contributed by atoms with Crippen LogP contribution in [0.25, 0.3) is 0 Å². The van der Waals surface area contributed by atoms with Gasteiger partial charge in [-0.25, -0.2) is 9.78 Å². The molecule has 2 aliphatic rings. The highest BCUT2D eigenvalue weighted by molar-refractivity contribution is 5.88. The number of likely N-dealkylation sites (tertiary alicyclic amines) is 1. The Hall–Kier alpha value is -2.15. The molecule has 1 aromatic heterocycles. The molecule has 7 nitrogen and oxygen atoms in total. The topological polar surface area (TPSA) is 72.0 Å². The number of ether oxygens (including phenoxy) is 2. The Morgan fingerprint density at radius 3 is 3.04 bits per heavy atom. The molecule has 7 heteroatoms. The molecule has 2 aliphatic heterocycles. The monoisotopic (exact) mass is 319 g/mol. The van der Waals surface area contributed by atoms with Crippen LogP contribution in [-0.4, -0.2) is 61.8 Å². The van der Waals surface area contributed by atoms with Crippen LogP contribution in [0.3, 0.4) is 0 Å². The highest BCUT2D eigenvalue weighted by Gasteiger charge is 2.28. The molecule has 0 spiro atoms. The van der Waals surface area contributed by atoms with Crippen molar-refractivity contribution in [3.63, 3.8) is 0 Å². The van der Waals surface area contributed by atoms with Gasteiger partial charge in [-0.15, -0.1) is 0 Å². The molecular formula is C16H21N3O4. The molecular weight excluding hydrogens is 298 g/mol.